The number of aryl methyl sites for hydroxylation is 1. The Morgan fingerprint density at radius 1 is 0.815 bits per heavy atom. The molecule has 148 valence electrons. The van der Waals surface area contributed by atoms with Crippen LogP contribution in [0.4, 0.5) is 0 Å². The lowest BCUT2D eigenvalue weighted by Crippen LogP contribution is -2.08. The lowest BCUT2D eigenvalue weighted by molar-refractivity contribution is 0.435. The summed E-state index contributed by atoms with van der Waals surface area (Å²) < 4.78 is 33.6. The lowest BCUT2D eigenvalue weighted by Gasteiger charge is -2.09. The number of fused-ring (bicyclic) bond motifs is 2. The lowest BCUT2D eigenvalue weighted by atomic mass is 9.97. The minimum absolute atomic E-state index is 0.316. The highest BCUT2D eigenvalue weighted by atomic mass is 32.3. The van der Waals surface area contributed by atoms with Crippen LogP contribution in [0.5, 0.6) is 11.5 Å². The van der Waals surface area contributed by atoms with E-state index in [4.69, 9.17) is 8.37 Å². The first-order valence-electron chi connectivity index (χ1n) is 10.3. The van der Waals surface area contributed by atoms with Gasteiger partial charge in [-0.2, -0.15) is 0 Å². The molecule has 0 fully saturated rings. The van der Waals surface area contributed by atoms with Crippen LogP contribution in [-0.4, -0.2) is 8.42 Å². The first-order chi connectivity index (χ1) is 13.1. The maximum atomic E-state index is 11.7. The van der Waals surface area contributed by atoms with Crippen molar-refractivity contribution in [1.29, 1.82) is 0 Å². The molecule has 4 nitrogen and oxygen atoms in total. The van der Waals surface area contributed by atoms with Crippen LogP contribution in [0.3, 0.4) is 0 Å². The van der Waals surface area contributed by atoms with E-state index in [0.717, 1.165) is 35.6 Å². The van der Waals surface area contributed by atoms with Gasteiger partial charge in [-0.15, -0.1) is 8.42 Å². The summed E-state index contributed by atoms with van der Waals surface area (Å²) in [6, 6.07) is 9.67. The summed E-state index contributed by atoms with van der Waals surface area (Å²) in [6.07, 6.45) is 13.6. The molecular formula is C22H30O4S. The Morgan fingerprint density at radius 3 is 2.15 bits per heavy atom. The standard InChI is InChI=1S/C22H30O4S/c1-2-3-4-5-6-7-8-9-10-11-16-20-19-15-13-12-14-18(19)17-21-22(20)26-27(23,24)25-21/h12-15,17H,2-11,16H2,1H3. The monoisotopic (exact) mass is 390 g/mol. The van der Waals surface area contributed by atoms with Gasteiger partial charge in [0.2, 0.25) is 0 Å². The van der Waals surface area contributed by atoms with Crippen LogP contribution >= 0.6 is 0 Å². The van der Waals surface area contributed by atoms with Crippen molar-refractivity contribution in [3.05, 3.63) is 35.9 Å². The van der Waals surface area contributed by atoms with Gasteiger partial charge in [0.15, 0.2) is 11.5 Å². The molecule has 0 atom stereocenters. The molecule has 0 aromatic heterocycles. The van der Waals surface area contributed by atoms with Crippen molar-refractivity contribution in [2.24, 2.45) is 0 Å². The molecule has 0 unspecified atom stereocenters. The number of rotatable bonds is 11. The summed E-state index contributed by atoms with van der Waals surface area (Å²) in [5.41, 5.74) is 0.948. The third-order valence-electron chi connectivity index (χ3n) is 5.23. The van der Waals surface area contributed by atoms with Gasteiger partial charge in [0.25, 0.3) is 0 Å². The molecule has 0 bridgehead atoms. The summed E-state index contributed by atoms with van der Waals surface area (Å²) in [7, 11) is -3.96. The van der Waals surface area contributed by atoms with E-state index in [9.17, 15) is 8.42 Å². The quantitative estimate of drug-likeness (QED) is 0.421. The van der Waals surface area contributed by atoms with E-state index in [0.29, 0.717) is 11.5 Å². The molecule has 2 aromatic carbocycles. The van der Waals surface area contributed by atoms with E-state index >= 15 is 0 Å². The molecule has 0 aliphatic carbocycles. The molecule has 1 aliphatic heterocycles. The van der Waals surface area contributed by atoms with Crippen molar-refractivity contribution in [3.8, 4) is 11.5 Å². The molecule has 1 aliphatic rings. The topological polar surface area (TPSA) is 52.6 Å². The maximum absolute atomic E-state index is 11.7. The Morgan fingerprint density at radius 2 is 1.44 bits per heavy atom. The summed E-state index contributed by atoms with van der Waals surface area (Å²) in [6.45, 7) is 2.25. The minimum Gasteiger partial charge on any atom is -0.349 e. The second-order valence-electron chi connectivity index (χ2n) is 7.41. The molecule has 3 rings (SSSR count). The molecule has 0 radical (unpaired) electrons. The first kappa shape index (κ1) is 20.0. The second-order valence-corrected chi connectivity index (χ2v) is 8.56. The SMILES string of the molecule is CCCCCCCCCCCCc1c2c(cc3ccccc13)OS(=O)(=O)O2. The zero-order valence-electron chi connectivity index (χ0n) is 16.2. The third kappa shape index (κ3) is 5.38. The van der Waals surface area contributed by atoms with Gasteiger partial charge in [-0.3, -0.25) is 0 Å². The van der Waals surface area contributed by atoms with E-state index in [1.54, 1.807) is 6.07 Å². The highest BCUT2D eigenvalue weighted by molar-refractivity contribution is 7.82. The predicted molar refractivity (Wildman–Crippen MR) is 110 cm³/mol. The van der Waals surface area contributed by atoms with Gasteiger partial charge < -0.3 is 8.37 Å². The predicted octanol–water partition coefficient (Wildman–Crippen LogP) is 6.32. The molecule has 0 spiro atoms. The zero-order chi connectivity index (χ0) is 19.1. The van der Waals surface area contributed by atoms with Crippen molar-refractivity contribution in [2.75, 3.05) is 0 Å². The fraction of sp³-hybridized carbons (Fsp3) is 0.545. The van der Waals surface area contributed by atoms with Crippen molar-refractivity contribution in [1.82, 2.24) is 0 Å². The average molecular weight is 391 g/mol. The Kier molecular flexibility index (Phi) is 7.00. The molecule has 0 N–H and O–H groups in total. The highest BCUT2D eigenvalue weighted by Crippen LogP contribution is 2.43. The van der Waals surface area contributed by atoms with Crippen LogP contribution in [0, 0.1) is 0 Å². The molecule has 27 heavy (non-hydrogen) atoms. The maximum Gasteiger partial charge on any atom is 0.501 e. The van der Waals surface area contributed by atoms with Crippen LogP contribution in [-0.2, 0) is 16.8 Å². The van der Waals surface area contributed by atoms with E-state index < -0.39 is 10.4 Å². The van der Waals surface area contributed by atoms with Gasteiger partial charge in [0.05, 0.1) is 0 Å². The van der Waals surface area contributed by atoms with Crippen LogP contribution in [0.15, 0.2) is 30.3 Å². The Bertz CT molecular complexity index is 858. The van der Waals surface area contributed by atoms with Gasteiger partial charge in [0, 0.05) is 5.56 Å². The summed E-state index contributed by atoms with van der Waals surface area (Å²) in [4.78, 5) is 0. The Balaban J connectivity index is 1.53. The van der Waals surface area contributed by atoms with Gasteiger partial charge in [-0.05, 0) is 29.7 Å². The van der Waals surface area contributed by atoms with E-state index in [1.165, 1.54) is 51.4 Å². The molecule has 1 heterocycles. The number of unbranched alkanes of at least 4 members (excludes halogenated alkanes) is 9. The summed E-state index contributed by atoms with van der Waals surface area (Å²) in [5, 5.41) is 2.03. The van der Waals surface area contributed by atoms with Crippen molar-refractivity contribution < 1.29 is 16.8 Å². The summed E-state index contributed by atoms with van der Waals surface area (Å²) >= 11 is 0. The zero-order valence-corrected chi connectivity index (χ0v) is 17.0. The molecular weight excluding hydrogens is 360 g/mol. The Hall–Kier alpha value is -1.75. The molecule has 0 saturated carbocycles. The van der Waals surface area contributed by atoms with Crippen LogP contribution < -0.4 is 8.37 Å². The first-order valence-corrected chi connectivity index (χ1v) is 11.6. The van der Waals surface area contributed by atoms with Crippen LogP contribution in [0.25, 0.3) is 10.8 Å². The average Bonchev–Trinajstić information content (AvgIpc) is 2.96. The van der Waals surface area contributed by atoms with Crippen molar-refractivity contribution in [2.45, 2.75) is 77.6 Å². The van der Waals surface area contributed by atoms with E-state index in [-0.39, 0.29) is 0 Å². The smallest absolute Gasteiger partial charge is 0.349 e. The molecule has 5 heteroatoms. The van der Waals surface area contributed by atoms with Crippen molar-refractivity contribution >= 4 is 21.2 Å². The van der Waals surface area contributed by atoms with E-state index in [2.05, 4.69) is 6.92 Å². The highest BCUT2D eigenvalue weighted by Gasteiger charge is 2.31. The minimum atomic E-state index is -3.96. The Labute approximate surface area is 163 Å². The van der Waals surface area contributed by atoms with Gasteiger partial charge in [-0.1, -0.05) is 89.0 Å². The largest absolute Gasteiger partial charge is 0.501 e. The molecule has 0 saturated heterocycles. The van der Waals surface area contributed by atoms with E-state index in [1.807, 2.05) is 24.3 Å². The fourth-order valence-corrected chi connectivity index (χ4v) is 4.56. The van der Waals surface area contributed by atoms with Crippen LogP contribution in [0.1, 0.15) is 76.7 Å². The van der Waals surface area contributed by atoms with Crippen LogP contribution in [0.2, 0.25) is 0 Å². The van der Waals surface area contributed by atoms with Gasteiger partial charge >= 0.3 is 10.4 Å². The number of hydrogen-bond donors (Lipinski definition) is 0. The number of benzene rings is 2. The number of hydrogen-bond acceptors (Lipinski definition) is 4. The van der Waals surface area contributed by atoms with Gasteiger partial charge in [-0.25, -0.2) is 0 Å². The molecule has 2 aromatic rings. The van der Waals surface area contributed by atoms with Gasteiger partial charge in [0.1, 0.15) is 0 Å². The fourth-order valence-electron chi connectivity index (χ4n) is 3.80. The van der Waals surface area contributed by atoms with Crippen molar-refractivity contribution in [3.63, 3.8) is 0 Å². The molecule has 0 amide bonds. The normalized spacial score (nSPS) is 14.7. The second kappa shape index (κ2) is 9.45. The summed E-state index contributed by atoms with van der Waals surface area (Å²) in [5.74, 6) is 0.695. The third-order valence-corrected chi connectivity index (χ3v) is 5.98.